The number of ketones is 1. The summed E-state index contributed by atoms with van der Waals surface area (Å²) in [5, 5.41) is 0. The molecule has 0 aliphatic heterocycles. The minimum atomic E-state index is -0.403. The highest BCUT2D eigenvalue weighted by Crippen LogP contribution is 2.34. The number of alkyl halides is 1. The zero-order valence-corrected chi connectivity index (χ0v) is 15.0. The Kier molecular flexibility index (Phi) is 6.81. The Hall–Kier alpha value is -1.86. The Morgan fingerprint density at radius 1 is 1.25 bits per heavy atom. The van der Waals surface area contributed by atoms with Crippen LogP contribution in [-0.4, -0.2) is 43.4 Å². The highest BCUT2D eigenvalue weighted by Gasteiger charge is 2.16. The maximum absolute atomic E-state index is 12.2. The smallest absolute Gasteiger partial charge is 0.305 e. The predicted octanol–water partition coefficient (Wildman–Crippen LogP) is 3.45. The molecule has 0 saturated heterocycles. The van der Waals surface area contributed by atoms with E-state index in [0.29, 0.717) is 40.9 Å². The summed E-state index contributed by atoms with van der Waals surface area (Å²) in [5.74, 6) is 0.871. The van der Waals surface area contributed by atoms with Crippen LogP contribution < -0.4 is 9.47 Å². The Bertz CT molecular complexity index is 731. The van der Waals surface area contributed by atoms with Crippen LogP contribution in [0.5, 0.6) is 11.6 Å². The van der Waals surface area contributed by atoms with Gasteiger partial charge in [-0.25, -0.2) is 4.98 Å². The van der Waals surface area contributed by atoms with Crippen LogP contribution in [0.25, 0.3) is 10.2 Å². The predicted molar refractivity (Wildman–Crippen MR) is 92.6 cm³/mol. The van der Waals surface area contributed by atoms with Crippen molar-refractivity contribution in [2.45, 2.75) is 19.3 Å². The number of thiophene rings is 1. The summed E-state index contributed by atoms with van der Waals surface area (Å²) in [7, 11) is 2.81. The number of carbonyl (C=O) groups excluding carboxylic acids is 2. The number of nitrogens with zero attached hydrogens (tertiary/aromatic N) is 1. The first-order chi connectivity index (χ1) is 11.6. The quantitative estimate of drug-likeness (QED) is 0.291. The second-order valence-corrected chi connectivity index (χ2v) is 6.34. The first-order valence-corrected chi connectivity index (χ1v) is 8.71. The molecular formula is C16H18ClNO5S. The summed E-state index contributed by atoms with van der Waals surface area (Å²) in [4.78, 5) is 28.2. The number of rotatable bonds is 9. The molecule has 2 heterocycles. The van der Waals surface area contributed by atoms with Crippen molar-refractivity contribution in [3.05, 3.63) is 17.0 Å². The second-order valence-electron chi connectivity index (χ2n) is 4.88. The molecule has 0 atom stereocenters. The van der Waals surface area contributed by atoms with Crippen molar-refractivity contribution >= 4 is 44.9 Å². The summed E-state index contributed by atoms with van der Waals surface area (Å²) in [6, 6.07) is 3.50. The van der Waals surface area contributed by atoms with Crippen LogP contribution in [0.1, 0.15) is 28.9 Å². The highest BCUT2D eigenvalue weighted by atomic mass is 35.5. The average molecular weight is 372 g/mol. The molecule has 0 spiro atoms. The molecule has 8 heteroatoms. The Balaban J connectivity index is 2.20. The van der Waals surface area contributed by atoms with Gasteiger partial charge in [0.25, 0.3) is 5.88 Å². The van der Waals surface area contributed by atoms with E-state index in [4.69, 9.17) is 21.1 Å². The van der Waals surface area contributed by atoms with Crippen molar-refractivity contribution < 1.29 is 23.8 Å². The van der Waals surface area contributed by atoms with Gasteiger partial charge in [-0.15, -0.1) is 22.9 Å². The lowest BCUT2D eigenvalue weighted by Crippen LogP contribution is -2.04. The molecule has 0 aliphatic rings. The highest BCUT2D eigenvalue weighted by molar-refractivity contribution is 7.20. The third kappa shape index (κ3) is 4.58. The van der Waals surface area contributed by atoms with Crippen molar-refractivity contribution in [2.75, 3.05) is 26.7 Å². The average Bonchev–Trinajstić information content (AvgIpc) is 3.01. The van der Waals surface area contributed by atoms with Crippen molar-refractivity contribution in [3.8, 4) is 11.6 Å². The minimum Gasteiger partial charge on any atom is -0.488 e. The summed E-state index contributed by atoms with van der Waals surface area (Å²) < 4.78 is 16.2. The van der Waals surface area contributed by atoms with Gasteiger partial charge in [0.2, 0.25) is 0 Å². The Morgan fingerprint density at radius 3 is 2.71 bits per heavy atom. The van der Waals surface area contributed by atoms with Gasteiger partial charge < -0.3 is 14.2 Å². The monoisotopic (exact) mass is 371 g/mol. The lowest BCUT2D eigenvalue weighted by Gasteiger charge is -2.08. The molecule has 24 heavy (non-hydrogen) atoms. The van der Waals surface area contributed by atoms with E-state index in [1.54, 1.807) is 12.1 Å². The third-order valence-electron chi connectivity index (χ3n) is 3.22. The van der Waals surface area contributed by atoms with E-state index >= 15 is 0 Å². The molecule has 0 saturated carbocycles. The number of aromatic nitrogens is 1. The molecule has 2 rings (SSSR count). The molecule has 130 valence electrons. The number of halogens is 1. The number of hydrogen-bond acceptors (Lipinski definition) is 7. The zero-order chi connectivity index (χ0) is 17.5. The SMILES string of the molecule is COC(=O)CCC(=O)c1cc2nc(OC)c(OCCCCl)cc2s1. The zero-order valence-electron chi connectivity index (χ0n) is 13.5. The molecule has 0 bridgehead atoms. The van der Waals surface area contributed by atoms with Crippen LogP contribution in [0.2, 0.25) is 0 Å². The topological polar surface area (TPSA) is 74.7 Å². The third-order valence-corrected chi connectivity index (χ3v) is 4.60. The van der Waals surface area contributed by atoms with Gasteiger partial charge in [0.1, 0.15) is 0 Å². The van der Waals surface area contributed by atoms with Crippen LogP contribution in [0.4, 0.5) is 0 Å². The number of carbonyl (C=O) groups is 2. The number of pyridine rings is 1. The standard InChI is InChI=1S/C16H18ClNO5S/c1-21-15(20)5-4-11(19)14-8-10-13(24-14)9-12(16(18-10)22-2)23-7-3-6-17/h8-9H,3-7H2,1-2H3. The van der Waals surface area contributed by atoms with Crippen molar-refractivity contribution in [3.63, 3.8) is 0 Å². The van der Waals surface area contributed by atoms with Gasteiger partial charge in [0.05, 0.1) is 42.3 Å². The fourth-order valence-electron chi connectivity index (χ4n) is 2.00. The van der Waals surface area contributed by atoms with Crippen LogP contribution in [-0.2, 0) is 9.53 Å². The number of fused-ring (bicyclic) bond motifs is 1. The van der Waals surface area contributed by atoms with Crippen molar-refractivity contribution in [1.82, 2.24) is 4.98 Å². The fourth-order valence-corrected chi connectivity index (χ4v) is 3.10. The molecule has 0 N–H and O–H groups in total. The second kappa shape index (κ2) is 8.84. The van der Waals surface area contributed by atoms with E-state index in [1.807, 2.05) is 0 Å². The number of Topliss-reactive ketones (excluding diaryl/α,β-unsaturated/α-hetero) is 1. The molecule has 0 aliphatic carbocycles. The van der Waals surface area contributed by atoms with E-state index in [-0.39, 0.29) is 18.6 Å². The lowest BCUT2D eigenvalue weighted by molar-refractivity contribution is -0.140. The van der Waals surface area contributed by atoms with Gasteiger partial charge in [-0.2, -0.15) is 0 Å². The maximum Gasteiger partial charge on any atom is 0.305 e. The van der Waals surface area contributed by atoms with E-state index < -0.39 is 5.97 Å². The van der Waals surface area contributed by atoms with E-state index in [1.165, 1.54) is 25.6 Å². The molecule has 0 unspecified atom stereocenters. The first-order valence-electron chi connectivity index (χ1n) is 7.36. The molecular weight excluding hydrogens is 354 g/mol. The van der Waals surface area contributed by atoms with Gasteiger partial charge in [-0.05, 0) is 12.5 Å². The molecule has 0 aromatic carbocycles. The summed E-state index contributed by atoms with van der Waals surface area (Å²) in [6.07, 6.45) is 0.882. The number of esters is 1. The van der Waals surface area contributed by atoms with Gasteiger partial charge in [0, 0.05) is 18.4 Å². The van der Waals surface area contributed by atoms with Crippen molar-refractivity contribution in [2.24, 2.45) is 0 Å². The van der Waals surface area contributed by atoms with E-state index in [2.05, 4.69) is 9.72 Å². The molecule has 0 fully saturated rings. The van der Waals surface area contributed by atoms with Crippen LogP contribution in [0.3, 0.4) is 0 Å². The Labute approximate surface area is 148 Å². The number of ether oxygens (including phenoxy) is 3. The van der Waals surface area contributed by atoms with E-state index in [0.717, 1.165) is 4.70 Å². The summed E-state index contributed by atoms with van der Waals surface area (Å²) in [5.41, 5.74) is 0.656. The van der Waals surface area contributed by atoms with Gasteiger partial charge in [-0.1, -0.05) is 0 Å². The molecule has 6 nitrogen and oxygen atoms in total. The summed E-state index contributed by atoms with van der Waals surface area (Å²) >= 11 is 6.95. The summed E-state index contributed by atoms with van der Waals surface area (Å²) in [6.45, 7) is 0.462. The van der Waals surface area contributed by atoms with Gasteiger partial charge in [0.15, 0.2) is 11.5 Å². The number of methoxy groups -OCH3 is 2. The minimum absolute atomic E-state index is 0.0626. The van der Waals surface area contributed by atoms with Gasteiger partial charge >= 0.3 is 5.97 Å². The molecule has 0 radical (unpaired) electrons. The van der Waals surface area contributed by atoms with Crippen LogP contribution in [0, 0.1) is 0 Å². The first kappa shape index (κ1) is 18.5. The van der Waals surface area contributed by atoms with Crippen LogP contribution in [0.15, 0.2) is 12.1 Å². The van der Waals surface area contributed by atoms with Crippen LogP contribution >= 0.6 is 22.9 Å². The van der Waals surface area contributed by atoms with Crippen molar-refractivity contribution in [1.29, 1.82) is 0 Å². The normalized spacial score (nSPS) is 10.6. The fraction of sp³-hybridized carbons (Fsp3) is 0.438. The number of hydrogen-bond donors (Lipinski definition) is 0. The van der Waals surface area contributed by atoms with E-state index in [9.17, 15) is 9.59 Å². The lowest BCUT2D eigenvalue weighted by atomic mass is 10.2. The molecule has 2 aromatic heterocycles. The molecule has 2 aromatic rings. The van der Waals surface area contributed by atoms with Gasteiger partial charge in [-0.3, -0.25) is 9.59 Å². The largest absolute Gasteiger partial charge is 0.488 e. The Morgan fingerprint density at radius 2 is 2.04 bits per heavy atom. The maximum atomic E-state index is 12.2. The molecule has 0 amide bonds.